The Kier molecular flexibility index (Phi) is 9.00. The van der Waals surface area contributed by atoms with Crippen molar-refractivity contribution in [3.05, 3.63) is 29.3 Å². The summed E-state index contributed by atoms with van der Waals surface area (Å²) in [5.41, 5.74) is 0.303. The van der Waals surface area contributed by atoms with Gasteiger partial charge in [-0.3, -0.25) is 0 Å². The van der Waals surface area contributed by atoms with Crippen LogP contribution in [0.5, 0.6) is 5.75 Å². The van der Waals surface area contributed by atoms with Gasteiger partial charge in [0.05, 0.1) is 32.5 Å². The van der Waals surface area contributed by atoms with Crippen LogP contribution in [-0.2, 0) is 14.2 Å². The highest BCUT2D eigenvalue weighted by atomic mass is 19.2. The van der Waals surface area contributed by atoms with E-state index in [-0.39, 0.29) is 18.0 Å². The van der Waals surface area contributed by atoms with Gasteiger partial charge in [0.25, 0.3) is 0 Å². The molecule has 3 aliphatic rings. The van der Waals surface area contributed by atoms with Gasteiger partial charge in [0.2, 0.25) is 5.82 Å². The smallest absolute Gasteiger partial charge is 0.200 e. The Hall–Kier alpha value is -1.24. The fourth-order valence-corrected chi connectivity index (χ4v) is 5.79. The molecule has 33 heavy (non-hydrogen) atoms. The molecule has 0 spiro atoms. The van der Waals surface area contributed by atoms with E-state index in [9.17, 15) is 8.78 Å². The highest BCUT2D eigenvalue weighted by molar-refractivity contribution is 5.33. The minimum Gasteiger partial charge on any atom is -0.490 e. The van der Waals surface area contributed by atoms with Crippen LogP contribution in [-0.4, -0.2) is 38.8 Å². The van der Waals surface area contributed by atoms with Crippen molar-refractivity contribution in [3.8, 4) is 5.75 Å². The Morgan fingerprint density at radius 3 is 2.12 bits per heavy atom. The number of hydrogen-bond acceptors (Lipinski definition) is 4. The van der Waals surface area contributed by atoms with Gasteiger partial charge in [-0.15, -0.1) is 0 Å². The maximum absolute atomic E-state index is 14.6. The summed E-state index contributed by atoms with van der Waals surface area (Å²) in [5, 5.41) is 0. The van der Waals surface area contributed by atoms with Gasteiger partial charge in [0.1, 0.15) is 0 Å². The van der Waals surface area contributed by atoms with Gasteiger partial charge in [-0.25, -0.2) is 4.39 Å². The van der Waals surface area contributed by atoms with Gasteiger partial charge in [0, 0.05) is 11.8 Å². The Bertz CT molecular complexity index is 734. The zero-order valence-corrected chi connectivity index (χ0v) is 20.2. The molecule has 0 bridgehead atoms. The molecular formula is C27H40F2O4. The summed E-state index contributed by atoms with van der Waals surface area (Å²) >= 11 is 0. The van der Waals surface area contributed by atoms with E-state index in [1.54, 1.807) is 6.07 Å². The average Bonchev–Trinajstić information content (AvgIpc) is 2.86. The zero-order valence-electron chi connectivity index (χ0n) is 20.2. The van der Waals surface area contributed by atoms with Crippen LogP contribution in [0.15, 0.2) is 12.1 Å². The van der Waals surface area contributed by atoms with Crippen molar-refractivity contribution in [1.82, 2.24) is 0 Å². The molecule has 2 saturated heterocycles. The van der Waals surface area contributed by atoms with Crippen molar-refractivity contribution < 1.29 is 27.7 Å². The summed E-state index contributed by atoms with van der Waals surface area (Å²) in [4.78, 5) is 0. The first-order valence-corrected chi connectivity index (χ1v) is 13.1. The summed E-state index contributed by atoms with van der Waals surface area (Å²) in [6.07, 6.45) is 10.4. The average molecular weight is 467 g/mol. The number of rotatable bonds is 8. The number of ether oxygens (including phenoxy) is 4. The third-order valence-electron chi connectivity index (χ3n) is 7.79. The van der Waals surface area contributed by atoms with Crippen LogP contribution in [0.2, 0.25) is 0 Å². The van der Waals surface area contributed by atoms with Crippen LogP contribution in [0.25, 0.3) is 0 Å². The molecular weight excluding hydrogens is 426 g/mol. The molecule has 1 aromatic rings. The van der Waals surface area contributed by atoms with Crippen LogP contribution >= 0.6 is 0 Å². The molecule has 1 saturated carbocycles. The third-order valence-corrected chi connectivity index (χ3v) is 7.79. The van der Waals surface area contributed by atoms with Gasteiger partial charge >= 0.3 is 0 Å². The molecule has 0 amide bonds. The summed E-state index contributed by atoms with van der Waals surface area (Å²) in [6, 6.07) is 3.11. The first kappa shape index (κ1) is 24.9. The lowest BCUT2D eigenvalue weighted by molar-refractivity contribution is -0.219. The fraction of sp³-hybridized carbons (Fsp3) is 0.778. The monoisotopic (exact) mass is 466 g/mol. The quantitative estimate of drug-likeness (QED) is 0.432. The minimum atomic E-state index is -0.922. The second kappa shape index (κ2) is 11.9. The van der Waals surface area contributed by atoms with Gasteiger partial charge in [-0.2, -0.15) is 4.39 Å². The highest BCUT2D eigenvalue weighted by Gasteiger charge is 2.37. The predicted octanol–water partition coefficient (Wildman–Crippen LogP) is 6.61. The van der Waals surface area contributed by atoms with E-state index in [2.05, 4.69) is 6.92 Å². The first-order valence-electron chi connectivity index (χ1n) is 13.1. The molecule has 186 valence electrons. The lowest BCUT2D eigenvalue weighted by atomic mass is 9.73. The maximum atomic E-state index is 14.6. The molecule has 2 aliphatic heterocycles. The molecule has 2 atom stereocenters. The summed E-state index contributed by atoms with van der Waals surface area (Å²) in [7, 11) is 0. The summed E-state index contributed by atoms with van der Waals surface area (Å²) in [5.74, 6) is -0.294. The van der Waals surface area contributed by atoms with Gasteiger partial charge in [0.15, 0.2) is 17.9 Å². The van der Waals surface area contributed by atoms with Crippen LogP contribution < -0.4 is 4.74 Å². The SMILES string of the molecule is CCCOc1ccc(C2COC(C3CCC(C4CCC(CCC)OC4)CC3)OC2)c(F)c1F. The molecule has 0 radical (unpaired) electrons. The lowest BCUT2D eigenvalue weighted by Gasteiger charge is -2.41. The van der Waals surface area contributed by atoms with Crippen molar-refractivity contribution in [2.45, 2.75) is 89.9 Å². The largest absolute Gasteiger partial charge is 0.490 e. The Morgan fingerprint density at radius 1 is 0.788 bits per heavy atom. The molecule has 2 unspecified atom stereocenters. The van der Waals surface area contributed by atoms with Crippen LogP contribution in [0.3, 0.4) is 0 Å². The molecule has 1 aromatic carbocycles. The number of benzene rings is 1. The molecule has 0 N–H and O–H groups in total. The van der Waals surface area contributed by atoms with Crippen LogP contribution in [0, 0.1) is 29.4 Å². The van der Waals surface area contributed by atoms with E-state index < -0.39 is 11.6 Å². The van der Waals surface area contributed by atoms with E-state index >= 15 is 0 Å². The Balaban J connectivity index is 1.23. The lowest BCUT2D eigenvalue weighted by Crippen LogP contribution is -2.39. The van der Waals surface area contributed by atoms with Crippen molar-refractivity contribution in [1.29, 1.82) is 0 Å². The summed E-state index contributed by atoms with van der Waals surface area (Å²) < 4.78 is 52.5. The maximum Gasteiger partial charge on any atom is 0.200 e. The molecule has 4 nitrogen and oxygen atoms in total. The second-order valence-corrected chi connectivity index (χ2v) is 10.1. The van der Waals surface area contributed by atoms with E-state index in [0.717, 1.165) is 31.8 Å². The van der Waals surface area contributed by atoms with Crippen LogP contribution in [0.1, 0.15) is 83.1 Å². The van der Waals surface area contributed by atoms with E-state index in [1.165, 1.54) is 44.6 Å². The van der Waals surface area contributed by atoms with Crippen molar-refractivity contribution in [3.63, 3.8) is 0 Å². The van der Waals surface area contributed by atoms with Gasteiger partial charge < -0.3 is 18.9 Å². The highest BCUT2D eigenvalue weighted by Crippen LogP contribution is 2.41. The van der Waals surface area contributed by atoms with Crippen LogP contribution in [0.4, 0.5) is 8.78 Å². The molecule has 0 aromatic heterocycles. The number of halogens is 2. The van der Waals surface area contributed by atoms with E-state index in [4.69, 9.17) is 18.9 Å². The fourth-order valence-electron chi connectivity index (χ4n) is 5.79. The first-order chi connectivity index (χ1) is 16.1. The zero-order chi connectivity index (χ0) is 23.2. The van der Waals surface area contributed by atoms with Crippen molar-refractivity contribution in [2.24, 2.45) is 17.8 Å². The second-order valence-electron chi connectivity index (χ2n) is 10.1. The Morgan fingerprint density at radius 2 is 1.48 bits per heavy atom. The van der Waals surface area contributed by atoms with Gasteiger partial charge in [-0.05, 0) is 74.8 Å². The van der Waals surface area contributed by atoms with Gasteiger partial charge in [-0.1, -0.05) is 26.3 Å². The molecule has 6 heteroatoms. The standard InChI is InChI=1S/C27H40F2O4/c1-3-5-22-11-10-20(15-31-22)18-6-8-19(9-7-18)27-32-16-21(17-33-27)23-12-13-24(30-14-4-2)26(29)25(23)28/h12-13,18-22,27H,3-11,14-17H2,1-2H3. The minimum absolute atomic E-state index is 0.0327. The number of hydrogen-bond donors (Lipinski definition) is 0. The predicted molar refractivity (Wildman–Crippen MR) is 123 cm³/mol. The Labute approximate surface area is 197 Å². The molecule has 3 fully saturated rings. The normalized spacial score (nSPS) is 33.1. The molecule has 2 heterocycles. The third kappa shape index (κ3) is 6.07. The molecule has 4 rings (SSSR count). The van der Waals surface area contributed by atoms with Crippen molar-refractivity contribution >= 4 is 0 Å². The van der Waals surface area contributed by atoms with E-state index in [0.29, 0.717) is 43.3 Å². The topological polar surface area (TPSA) is 36.9 Å². The summed E-state index contributed by atoms with van der Waals surface area (Å²) in [6.45, 7) is 6.14. The van der Waals surface area contributed by atoms with Crippen molar-refractivity contribution in [2.75, 3.05) is 26.4 Å². The van der Waals surface area contributed by atoms with E-state index in [1.807, 2.05) is 6.92 Å². The molecule has 1 aliphatic carbocycles.